The molecule has 2 aromatic heterocycles. The maximum absolute atomic E-state index is 14.7. The van der Waals surface area contributed by atoms with Gasteiger partial charge >= 0.3 is 6.03 Å². The van der Waals surface area contributed by atoms with Crippen molar-refractivity contribution in [1.82, 2.24) is 30.2 Å². The molecule has 0 saturated carbocycles. The van der Waals surface area contributed by atoms with Gasteiger partial charge < -0.3 is 20.5 Å². The average molecular weight is 424 g/mol. The van der Waals surface area contributed by atoms with Crippen molar-refractivity contribution in [2.24, 2.45) is 5.92 Å². The second-order valence-electron chi connectivity index (χ2n) is 8.31. The predicted octanol–water partition coefficient (Wildman–Crippen LogP) is 2.88. The first-order chi connectivity index (χ1) is 14.9. The van der Waals surface area contributed by atoms with Crippen LogP contribution < -0.4 is 11.1 Å². The van der Waals surface area contributed by atoms with Crippen LogP contribution in [0.1, 0.15) is 37.6 Å². The minimum atomic E-state index is -0.729. The summed E-state index contributed by atoms with van der Waals surface area (Å²) in [5.41, 5.74) is 6.18. The predicted molar refractivity (Wildman–Crippen MR) is 108 cm³/mol. The highest BCUT2D eigenvalue weighted by Crippen LogP contribution is 2.55. The highest BCUT2D eigenvalue weighted by atomic mass is 19.1. The Morgan fingerprint density at radius 3 is 2.90 bits per heavy atom. The van der Waals surface area contributed by atoms with Crippen molar-refractivity contribution in [3.63, 3.8) is 0 Å². The molecule has 4 heterocycles. The molecular formula is C20H21FN8O2. The second-order valence-corrected chi connectivity index (χ2v) is 8.31. The molecule has 2 bridgehead atoms. The first-order valence-corrected chi connectivity index (χ1v) is 10.0. The van der Waals surface area contributed by atoms with Crippen LogP contribution in [0.15, 0.2) is 29.0 Å². The zero-order valence-electron chi connectivity index (χ0n) is 17.0. The number of nitrogens with two attached hydrogens (primary N) is 1. The molecule has 160 valence electrons. The van der Waals surface area contributed by atoms with Crippen LogP contribution in [0, 0.1) is 18.7 Å². The summed E-state index contributed by atoms with van der Waals surface area (Å²) in [6, 6.07) is 2.44. The number of fused-ring (bicyclic) bond motifs is 2. The lowest BCUT2D eigenvalue weighted by Gasteiger charge is -2.61. The smallest absolute Gasteiger partial charge is 0.323 e. The molecule has 0 spiro atoms. The zero-order chi connectivity index (χ0) is 21.8. The number of piperidine rings is 1. The van der Waals surface area contributed by atoms with Crippen molar-refractivity contribution >= 4 is 17.7 Å². The van der Waals surface area contributed by atoms with Crippen LogP contribution in [-0.2, 0) is 5.54 Å². The Bertz CT molecular complexity index is 1150. The number of hydrogen-bond acceptors (Lipinski definition) is 8. The molecule has 2 amide bonds. The molecule has 3 atom stereocenters. The highest BCUT2D eigenvalue weighted by Gasteiger charge is 2.62. The van der Waals surface area contributed by atoms with Crippen LogP contribution in [0.25, 0.3) is 11.4 Å². The Balaban J connectivity index is 1.46. The summed E-state index contributed by atoms with van der Waals surface area (Å²) in [6.45, 7) is 3.87. The van der Waals surface area contributed by atoms with E-state index in [2.05, 4.69) is 37.6 Å². The van der Waals surface area contributed by atoms with Crippen LogP contribution in [0.4, 0.5) is 20.8 Å². The monoisotopic (exact) mass is 424 g/mol. The van der Waals surface area contributed by atoms with E-state index in [0.717, 1.165) is 6.42 Å². The minimum absolute atomic E-state index is 0.00603. The summed E-state index contributed by atoms with van der Waals surface area (Å²) in [5.74, 6) is 0.520. The minimum Gasteiger partial charge on any atom is -0.365 e. The number of carbonyl (C=O) groups is 1. The lowest BCUT2D eigenvalue weighted by molar-refractivity contribution is -0.112. The van der Waals surface area contributed by atoms with Gasteiger partial charge in [0.2, 0.25) is 0 Å². The molecule has 3 aromatic rings. The van der Waals surface area contributed by atoms with E-state index in [1.807, 2.05) is 0 Å². The van der Waals surface area contributed by atoms with E-state index in [1.165, 1.54) is 24.5 Å². The number of anilines is 2. The summed E-state index contributed by atoms with van der Waals surface area (Å²) in [6.07, 6.45) is 5.19. The number of aryl methyl sites for hydroxylation is 1. The van der Waals surface area contributed by atoms with Gasteiger partial charge in [-0.25, -0.2) is 14.2 Å². The number of amides is 2. The van der Waals surface area contributed by atoms with Crippen LogP contribution >= 0.6 is 0 Å². The third-order valence-corrected chi connectivity index (χ3v) is 6.10. The Kier molecular flexibility index (Phi) is 4.34. The van der Waals surface area contributed by atoms with Gasteiger partial charge in [0.05, 0.1) is 11.9 Å². The number of benzene rings is 1. The van der Waals surface area contributed by atoms with Gasteiger partial charge in [-0.1, -0.05) is 6.92 Å². The fraction of sp³-hybridized carbons (Fsp3) is 0.400. The van der Waals surface area contributed by atoms with E-state index in [1.54, 1.807) is 11.8 Å². The van der Waals surface area contributed by atoms with Crippen molar-refractivity contribution in [2.75, 3.05) is 11.1 Å². The number of hydrogen-bond donors (Lipinski definition) is 2. The Morgan fingerprint density at radius 1 is 1.35 bits per heavy atom. The first-order valence-electron chi connectivity index (χ1n) is 10.0. The fourth-order valence-electron chi connectivity index (χ4n) is 4.93. The maximum Gasteiger partial charge on any atom is 0.323 e. The third-order valence-electron chi connectivity index (χ3n) is 6.10. The van der Waals surface area contributed by atoms with Gasteiger partial charge in [-0.05, 0) is 48.5 Å². The van der Waals surface area contributed by atoms with Gasteiger partial charge in [0.25, 0.3) is 11.8 Å². The Hall–Kier alpha value is -3.63. The van der Waals surface area contributed by atoms with E-state index < -0.39 is 17.4 Å². The third kappa shape index (κ3) is 3.07. The number of carbonyl (C=O) groups excluding carboxylic acids is 1. The van der Waals surface area contributed by atoms with Gasteiger partial charge in [0, 0.05) is 24.2 Å². The van der Waals surface area contributed by atoms with Gasteiger partial charge in [0.1, 0.15) is 11.4 Å². The van der Waals surface area contributed by atoms with E-state index in [4.69, 9.17) is 10.3 Å². The van der Waals surface area contributed by atoms with Gasteiger partial charge in [-0.3, -0.25) is 0 Å². The molecule has 0 aliphatic carbocycles. The number of rotatable bonds is 3. The molecule has 1 aromatic carbocycles. The van der Waals surface area contributed by atoms with Crippen molar-refractivity contribution < 1.29 is 13.7 Å². The molecular weight excluding hydrogens is 403 g/mol. The Morgan fingerprint density at radius 2 is 2.19 bits per heavy atom. The summed E-state index contributed by atoms with van der Waals surface area (Å²) >= 11 is 0. The summed E-state index contributed by atoms with van der Waals surface area (Å²) in [7, 11) is 0. The number of aromatic nitrogens is 5. The highest BCUT2D eigenvalue weighted by molar-refractivity contribution is 5.92. The largest absolute Gasteiger partial charge is 0.365 e. The van der Waals surface area contributed by atoms with E-state index >= 15 is 0 Å². The summed E-state index contributed by atoms with van der Waals surface area (Å²) < 4.78 is 20.1. The number of nitrogen functional groups attached to an aromatic ring is 1. The first kappa shape index (κ1) is 19.3. The van der Waals surface area contributed by atoms with Gasteiger partial charge in [0.15, 0.2) is 5.82 Å². The lowest BCUT2D eigenvalue weighted by atomic mass is 9.64. The van der Waals surface area contributed by atoms with E-state index in [0.29, 0.717) is 41.6 Å². The van der Waals surface area contributed by atoms with Gasteiger partial charge in [-0.2, -0.15) is 10.1 Å². The number of nitrogens with zero attached hydrogens (tertiary/aromatic N) is 6. The SMILES string of the molecule is Cc1cc(F)c(NC(=O)N2[C@@H]3C[C@H](C)C[C@@]2(c2nc(N)no2)C3)cc1-c1nccnn1. The van der Waals surface area contributed by atoms with Crippen molar-refractivity contribution in [2.45, 2.75) is 44.7 Å². The molecule has 31 heavy (non-hydrogen) atoms. The fourth-order valence-corrected chi connectivity index (χ4v) is 4.93. The summed E-state index contributed by atoms with van der Waals surface area (Å²) in [4.78, 5) is 23.3. The molecule has 2 aliphatic heterocycles. The van der Waals surface area contributed by atoms with Crippen LogP contribution in [-0.4, -0.2) is 42.3 Å². The average Bonchev–Trinajstić information content (AvgIpc) is 3.17. The van der Waals surface area contributed by atoms with E-state index in [9.17, 15) is 9.18 Å². The number of halogens is 1. The molecule has 0 radical (unpaired) electrons. The standard InChI is InChI=1S/C20H21FN8O2/c1-10-5-12-9-20(8-10,17-26-18(22)28-31-17)29(12)19(30)25-15-7-13(11(2)6-14(15)21)16-23-3-4-24-27-16/h3-4,6-7,10,12H,5,8-9H2,1-2H3,(H2,22,28)(H,25,30)/t10-,12+,20-/m0/s1. The lowest BCUT2D eigenvalue weighted by Crippen LogP contribution is -2.70. The molecule has 2 saturated heterocycles. The van der Waals surface area contributed by atoms with Crippen molar-refractivity contribution in [3.8, 4) is 11.4 Å². The number of urea groups is 1. The molecule has 3 N–H and O–H groups in total. The molecule has 11 heteroatoms. The molecule has 5 rings (SSSR count). The van der Waals surface area contributed by atoms with Crippen LogP contribution in [0.5, 0.6) is 0 Å². The maximum atomic E-state index is 14.7. The van der Waals surface area contributed by atoms with E-state index in [-0.39, 0.29) is 17.7 Å². The molecule has 2 fully saturated rings. The quantitative estimate of drug-likeness (QED) is 0.655. The van der Waals surface area contributed by atoms with Gasteiger partial charge in [-0.15, -0.1) is 5.10 Å². The number of nitrogens with one attached hydrogen (secondary N) is 1. The van der Waals surface area contributed by atoms with Crippen molar-refractivity contribution in [3.05, 3.63) is 41.8 Å². The van der Waals surface area contributed by atoms with Crippen molar-refractivity contribution in [1.29, 1.82) is 0 Å². The summed E-state index contributed by atoms with van der Waals surface area (Å²) in [5, 5.41) is 14.2. The van der Waals surface area contributed by atoms with Crippen LogP contribution in [0.2, 0.25) is 0 Å². The molecule has 2 aliphatic rings. The molecule has 10 nitrogen and oxygen atoms in total. The second kappa shape index (κ2) is 6.96. The zero-order valence-corrected chi connectivity index (χ0v) is 17.0. The Labute approximate surface area is 177 Å². The normalized spacial score (nSPS) is 24.5. The topological polar surface area (TPSA) is 136 Å². The van der Waals surface area contributed by atoms with Crippen LogP contribution in [0.3, 0.4) is 0 Å². The molecule has 0 unspecified atom stereocenters.